The summed E-state index contributed by atoms with van der Waals surface area (Å²) >= 11 is 0. The van der Waals surface area contributed by atoms with Gasteiger partial charge in [-0.15, -0.1) is 0 Å². The summed E-state index contributed by atoms with van der Waals surface area (Å²) in [7, 11) is 0. The fraction of sp³-hybridized carbons (Fsp3) is 0.522. The number of aryl methyl sites for hydroxylation is 2. The molecule has 1 N–H and O–H groups in total. The second-order valence-electron chi connectivity index (χ2n) is 8.33. The second-order valence-corrected chi connectivity index (χ2v) is 8.33. The maximum absolute atomic E-state index is 12.8. The van der Waals surface area contributed by atoms with E-state index in [1.807, 2.05) is 17.9 Å². The van der Waals surface area contributed by atoms with Crippen molar-refractivity contribution in [1.82, 2.24) is 14.9 Å². The van der Waals surface area contributed by atoms with Crippen molar-refractivity contribution in [2.24, 2.45) is 5.92 Å². The number of rotatable bonds is 4. The molecule has 6 nitrogen and oxygen atoms in total. The van der Waals surface area contributed by atoms with Gasteiger partial charge >= 0.3 is 0 Å². The third-order valence-corrected chi connectivity index (χ3v) is 5.99. The first-order valence-corrected chi connectivity index (χ1v) is 10.8. The highest BCUT2D eigenvalue weighted by Crippen LogP contribution is 2.26. The maximum atomic E-state index is 12.8. The molecule has 1 aromatic heterocycles. The number of piperazine rings is 1. The molecule has 0 spiro atoms. The summed E-state index contributed by atoms with van der Waals surface area (Å²) in [5, 5.41) is 3.38. The van der Waals surface area contributed by atoms with Crippen LogP contribution in [0.15, 0.2) is 30.3 Å². The normalized spacial score (nSPS) is 18.0. The third-order valence-electron chi connectivity index (χ3n) is 5.99. The van der Waals surface area contributed by atoms with Crippen molar-refractivity contribution < 1.29 is 4.79 Å². The average Bonchev–Trinajstić information content (AvgIpc) is 2.75. The van der Waals surface area contributed by atoms with Gasteiger partial charge in [-0.05, 0) is 38.8 Å². The van der Waals surface area contributed by atoms with Crippen LogP contribution in [-0.2, 0) is 4.79 Å². The topological polar surface area (TPSA) is 61.4 Å². The van der Waals surface area contributed by atoms with Gasteiger partial charge in [0.15, 0.2) is 0 Å². The molecule has 1 saturated carbocycles. The molecule has 2 aromatic rings. The van der Waals surface area contributed by atoms with E-state index in [0.717, 1.165) is 62.2 Å². The quantitative estimate of drug-likeness (QED) is 0.849. The smallest absolute Gasteiger partial charge is 0.227 e. The zero-order chi connectivity index (χ0) is 20.2. The Morgan fingerprint density at radius 2 is 1.66 bits per heavy atom. The summed E-state index contributed by atoms with van der Waals surface area (Å²) in [5.41, 5.74) is 3.18. The number of carbonyl (C=O) groups is 1. The van der Waals surface area contributed by atoms with Crippen LogP contribution in [-0.4, -0.2) is 47.0 Å². The van der Waals surface area contributed by atoms with Crippen molar-refractivity contribution in [3.05, 3.63) is 41.6 Å². The van der Waals surface area contributed by atoms with Crippen LogP contribution in [0, 0.1) is 19.8 Å². The van der Waals surface area contributed by atoms with E-state index in [1.165, 1.54) is 24.8 Å². The molecule has 2 fully saturated rings. The average molecular weight is 394 g/mol. The number of carbonyl (C=O) groups excluding carboxylic acids is 1. The van der Waals surface area contributed by atoms with Gasteiger partial charge in [-0.3, -0.25) is 4.79 Å². The molecule has 6 heteroatoms. The Labute approximate surface area is 173 Å². The fourth-order valence-corrected chi connectivity index (χ4v) is 4.28. The first-order chi connectivity index (χ1) is 14.1. The van der Waals surface area contributed by atoms with Crippen LogP contribution < -0.4 is 10.2 Å². The van der Waals surface area contributed by atoms with Crippen LogP contribution in [0.2, 0.25) is 0 Å². The van der Waals surface area contributed by atoms with Crippen LogP contribution in [0.3, 0.4) is 0 Å². The number of benzene rings is 1. The molecule has 1 aromatic carbocycles. The lowest BCUT2D eigenvalue weighted by Crippen LogP contribution is -2.51. The SMILES string of the molecule is Cc1ccc(Nc2cc(C)nc(N3CCN(C(=O)C4CCCCC4)CC3)n2)cc1. The molecule has 0 unspecified atom stereocenters. The summed E-state index contributed by atoms with van der Waals surface area (Å²) in [5.74, 6) is 2.15. The largest absolute Gasteiger partial charge is 0.340 e. The zero-order valence-corrected chi connectivity index (χ0v) is 17.5. The number of hydrogen-bond acceptors (Lipinski definition) is 5. The predicted molar refractivity (Wildman–Crippen MR) is 117 cm³/mol. The van der Waals surface area contributed by atoms with E-state index in [-0.39, 0.29) is 5.92 Å². The Bertz CT molecular complexity index is 837. The second kappa shape index (κ2) is 8.80. The summed E-state index contributed by atoms with van der Waals surface area (Å²) in [6, 6.07) is 10.2. The molecule has 2 aliphatic rings. The minimum Gasteiger partial charge on any atom is -0.340 e. The molecular formula is C23H31N5O. The van der Waals surface area contributed by atoms with Gasteiger partial charge in [0.1, 0.15) is 5.82 Å². The molecule has 29 heavy (non-hydrogen) atoms. The first kappa shape index (κ1) is 19.7. The molecule has 0 bridgehead atoms. The van der Waals surface area contributed by atoms with Gasteiger partial charge < -0.3 is 15.1 Å². The monoisotopic (exact) mass is 393 g/mol. The molecule has 1 saturated heterocycles. The summed E-state index contributed by atoms with van der Waals surface area (Å²) in [6.45, 7) is 7.15. The van der Waals surface area contributed by atoms with Crippen LogP contribution >= 0.6 is 0 Å². The molecular weight excluding hydrogens is 362 g/mol. The molecule has 0 radical (unpaired) electrons. The van der Waals surface area contributed by atoms with Crippen LogP contribution in [0.4, 0.5) is 17.5 Å². The van der Waals surface area contributed by atoms with E-state index in [9.17, 15) is 4.79 Å². The molecule has 4 rings (SSSR count). The lowest BCUT2D eigenvalue weighted by molar-refractivity contribution is -0.136. The van der Waals surface area contributed by atoms with Gasteiger partial charge in [-0.2, -0.15) is 4.98 Å². The highest BCUT2D eigenvalue weighted by Gasteiger charge is 2.29. The Hall–Kier alpha value is -2.63. The van der Waals surface area contributed by atoms with Crippen LogP contribution in [0.25, 0.3) is 0 Å². The van der Waals surface area contributed by atoms with E-state index in [4.69, 9.17) is 4.98 Å². The van der Waals surface area contributed by atoms with E-state index < -0.39 is 0 Å². The van der Waals surface area contributed by atoms with Crippen molar-refractivity contribution in [3.63, 3.8) is 0 Å². The van der Waals surface area contributed by atoms with E-state index >= 15 is 0 Å². The highest BCUT2D eigenvalue weighted by molar-refractivity contribution is 5.79. The van der Waals surface area contributed by atoms with E-state index in [1.54, 1.807) is 0 Å². The predicted octanol–water partition coefficient (Wildman–Crippen LogP) is 4.07. The van der Waals surface area contributed by atoms with Crippen molar-refractivity contribution >= 4 is 23.4 Å². The minimum atomic E-state index is 0.246. The van der Waals surface area contributed by atoms with E-state index in [0.29, 0.717) is 5.91 Å². The zero-order valence-electron chi connectivity index (χ0n) is 17.5. The molecule has 1 aliphatic heterocycles. The van der Waals surface area contributed by atoms with Crippen LogP contribution in [0.1, 0.15) is 43.4 Å². The molecule has 1 amide bonds. The molecule has 154 valence electrons. The van der Waals surface area contributed by atoms with Crippen molar-refractivity contribution in [3.8, 4) is 0 Å². The van der Waals surface area contributed by atoms with Gasteiger partial charge in [-0.25, -0.2) is 4.98 Å². The Balaban J connectivity index is 1.39. The van der Waals surface area contributed by atoms with Gasteiger partial charge in [0.2, 0.25) is 11.9 Å². The standard InChI is InChI=1S/C23H31N5O/c1-17-8-10-20(11-9-17)25-21-16-18(2)24-23(26-21)28-14-12-27(13-15-28)22(29)19-6-4-3-5-7-19/h8-11,16,19H,3-7,12-15H2,1-2H3,(H,24,25,26). The Morgan fingerprint density at radius 1 is 0.966 bits per heavy atom. The highest BCUT2D eigenvalue weighted by atomic mass is 16.2. The van der Waals surface area contributed by atoms with Crippen molar-refractivity contribution in [2.45, 2.75) is 46.0 Å². The van der Waals surface area contributed by atoms with Gasteiger partial charge in [-0.1, -0.05) is 37.0 Å². The van der Waals surface area contributed by atoms with E-state index in [2.05, 4.69) is 46.4 Å². The van der Waals surface area contributed by atoms with Crippen molar-refractivity contribution in [2.75, 3.05) is 36.4 Å². The number of anilines is 3. The van der Waals surface area contributed by atoms with Gasteiger partial charge in [0.25, 0.3) is 0 Å². The lowest BCUT2D eigenvalue weighted by atomic mass is 9.88. The molecule has 0 atom stereocenters. The number of hydrogen-bond donors (Lipinski definition) is 1. The number of aromatic nitrogens is 2. The summed E-state index contributed by atoms with van der Waals surface area (Å²) < 4.78 is 0. The van der Waals surface area contributed by atoms with Crippen LogP contribution in [0.5, 0.6) is 0 Å². The molecule has 2 heterocycles. The Kier molecular flexibility index (Phi) is 5.97. The third kappa shape index (κ3) is 4.86. The van der Waals surface area contributed by atoms with Crippen molar-refractivity contribution in [1.29, 1.82) is 0 Å². The summed E-state index contributed by atoms with van der Waals surface area (Å²) in [6.07, 6.45) is 5.80. The fourth-order valence-electron chi connectivity index (χ4n) is 4.28. The van der Waals surface area contributed by atoms with Gasteiger partial charge in [0, 0.05) is 49.5 Å². The maximum Gasteiger partial charge on any atom is 0.227 e. The lowest BCUT2D eigenvalue weighted by Gasteiger charge is -2.37. The number of amides is 1. The minimum absolute atomic E-state index is 0.246. The number of nitrogens with one attached hydrogen (secondary N) is 1. The molecule has 1 aliphatic carbocycles. The van der Waals surface area contributed by atoms with Gasteiger partial charge in [0.05, 0.1) is 0 Å². The summed E-state index contributed by atoms with van der Waals surface area (Å²) in [4.78, 5) is 26.4. The number of nitrogens with zero attached hydrogens (tertiary/aromatic N) is 4. The first-order valence-electron chi connectivity index (χ1n) is 10.8. The Morgan fingerprint density at radius 3 is 2.34 bits per heavy atom.